The van der Waals surface area contributed by atoms with Gasteiger partial charge in [0.2, 0.25) is 5.95 Å². The lowest BCUT2D eigenvalue weighted by Crippen LogP contribution is -2.10. The van der Waals surface area contributed by atoms with Gasteiger partial charge in [0.05, 0.1) is 17.6 Å². The van der Waals surface area contributed by atoms with E-state index < -0.39 is 0 Å². The number of anilines is 1. The Morgan fingerprint density at radius 1 is 1.21 bits per heavy atom. The summed E-state index contributed by atoms with van der Waals surface area (Å²) >= 11 is 0. The van der Waals surface area contributed by atoms with Gasteiger partial charge >= 0.3 is 0 Å². The number of nitrogens with zero attached hydrogens (tertiary/aromatic N) is 4. The lowest BCUT2D eigenvalue weighted by Gasteiger charge is -2.13. The minimum Gasteiger partial charge on any atom is -0.368 e. The van der Waals surface area contributed by atoms with Crippen LogP contribution in [0.25, 0.3) is 11.0 Å². The first kappa shape index (κ1) is 10.5. The van der Waals surface area contributed by atoms with Gasteiger partial charge in [0.15, 0.2) is 5.65 Å². The summed E-state index contributed by atoms with van der Waals surface area (Å²) in [5.74, 6) is 0.292. The van der Waals surface area contributed by atoms with Gasteiger partial charge in [-0.3, -0.25) is 0 Å². The number of nitrogen functional groups attached to an aromatic ring is 1. The van der Waals surface area contributed by atoms with Gasteiger partial charge in [-0.1, -0.05) is 24.3 Å². The van der Waals surface area contributed by atoms with Gasteiger partial charge in [-0.25, -0.2) is 9.67 Å². The van der Waals surface area contributed by atoms with Crippen molar-refractivity contribution in [3.63, 3.8) is 0 Å². The molecule has 1 unspecified atom stereocenters. The Morgan fingerprint density at radius 3 is 3.05 bits per heavy atom. The molecule has 1 aliphatic rings. The van der Waals surface area contributed by atoms with Crippen molar-refractivity contribution in [2.45, 2.75) is 18.9 Å². The molecule has 2 aromatic heterocycles. The number of aryl methyl sites for hydroxylation is 1. The number of hydrogen-bond acceptors (Lipinski definition) is 4. The molecule has 0 fully saturated rings. The van der Waals surface area contributed by atoms with E-state index in [9.17, 15) is 0 Å². The van der Waals surface area contributed by atoms with Crippen molar-refractivity contribution in [1.29, 1.82) is 0 Å². The molecule has 2 N–H and O–H groups in total. The Hall–Kier alpha value is -2.43. The monoisotopic (exact) mass is 251 g/mol. The van der Waals surface area contributed by atoms with Gasteiger partial charge in [0.25, 0.3) is 0 Å². The zero-order valence-electron chi connectivity index (χ0n) is 10.3. The molecule has 19 heavy (non-hydrogen) atoms. The molecule has 94 valence electrons. The predicted octanol–water partition coefficient (Wildman–Crippen LogP) is 1.94. The van der Waals surface area contributed by atoms with E-state index in [1.807, 2.05) is 4.68 Å². The number of nitrogens with two attached hydrogens (primary N) is 1. The summed E-state index contributed by atoms with van der Waals surface area (Å²) in [5.41, 5.74) is 9.23. The Balaban J connectivity index is 1.90. The van der Waals surface area contributed by atoms with Gasteiger partial charge < -0.3 is 5.73 Å². The molecule has 1 atom stereocenters. The van der Waals surface area contributed by atoms with E-state index in [2.05, 4.69) is 39.3 Å². The third-order valence-electron chi connectivity index (χ3n) is 3.75. The highest BCUT2D eigenvalue weighted by atomic mass is 15.3. The number of aromatic nitrogens is 4. The fourth-order valence-electron chi connectivity index (χ4n) is 2.87. The highest BCUT2D eigenvalue weighted by Gasteiger charge is 2.25. The zero-order chi connectivity index (χ0) is 12.8. The second kappa shape index (κ2) is 3.78. The van der Waals surface area contributed by atoms with Crippen molar-refractivity contribution in [3.8, 4) is 0 Å². The van der Waals surface area contributed by atoms with Gasteiger partial charge in [-0.2, -0.15) is 10.1 Å². The molecule has 0 amide bonds. The average molecular weight is 251 g/mol. The number of fused-ring (bicyclic) bond motifs is 2. The highest BCUT2D eigenvalue weighted by Crippen LogP contribution is 2.35. The zero-order valence-corrected chi connectivity index (χ0v) is 10.3. The number of benzene rings is 1. The van der Waals surface area contributed by atoms with Crippen molar-refractivity contribution < 1.29 is 0 Å². The Labute approximate surface area is 110 Å². The molecule has 0 bridgehead atoms. The molecule has 0 spiro atoms. The molecule has 4 rings (SSSR count). The van der Waals surface area contributed by atoms with Crippen LogP contribution in [0.15, 0.2) is 36.7 Å². The van der Waals surface area contributed by atoms with Crippen molar-refractivity contribution in [3.05, 3.63) is 47.8 Å². The summed E-state index contributed by atoms with van der Waals surface area (Å²) in [6.07, 6.45) is 5.67. The minimum absolute atomic E-state index is 0.253. The average Bonchev–Trinajstić information content (AvgIpc) is 3.01. The van der Waals surface area contributed by atoms with E-state index in [1.54, 1.807) is 12.4 Å². The van der Waals surface area contributed by atoms with Crippen LogP contribution in [0.2, 0.25) is 0 Å². The lowest BCUT2D eigenvalue weighted by molar-refractivity contribution is 0.533. The molecule has 1 aromatic carbocycles. The van der Waals surface area contributed by atoms with Crippen LogP contribution >= 0.6 is 0 Å². The van der Waals surface area contributed by atoms with Crippen LogP contribution in [0.3, 0.4) is 0 Å². The summed E-state index contributed by atoms with van der Waals surface area (Å²) in [4.78, 5) is 8.33. The van der Waals surface area contributed by atoms with E-state index >= 15 is 0 Å². The van der Waals surface area contributed by atoms with Crippen molar-refractivity contribution in [1.82, 2.24) is 19.7 Å². The van der Waals surface area contributed by atoms with Crippen LogP contribution < -0.4 is 5.73 Å². The molecule has 5 nitrogen and oxygen atoms in total. The third kappa shape index (κ3) is 1.51. The molecule has 0 radical (unpaired) electrons. The van der Waals surface area contributed by atoms with E-state index in [1.165, 1.54) is 11.1 Å². The maximum Gasteiger partial charge on any atom is 0.222 e. The predicted molar refractivity (Wildman–Crippen MR) is 72.6 cm³/mol. The summed E-state index contributed by atoms with van der Waals surface area (Å²) in [6.45, 7) is 0. The molecule has 5 heteroatoms. The first-order valence-electron chi connectivity index (χ1n) is 6.36. The van der Waals surface area contributed by atoms with E-state index in [4.69, 9.17) is 5.73 Å². The standard InChI is InChI=1S/C14H13N5/c15-14-16-7-10-8-17-19(13(10)18-14)12-6-5-9-3-1-2-4-11(9)12/h1-4,7-8,12H,5-6H2,(H2,15,16,18). The quantitative estimate of drug-likeness (QED) is 0.717. The van der Waals surface area contributed by atoms with Gasteiger partial charge in [-0.05, 0) is 24.0 Å². The lowest BCUT2D eigenvalue weighted by atomic mass is 10.1. The number of hydrogen-bond donors (Lipinski definition) is 1. The van der Waals surface area contributed by atoms with Gasteiger partial charge in [0, 0.05) is 6.20 Å². The van der Waals surface area contributed by atoms with Crippen molar-refractivity contribution in [2.24, 2.45) is 0 Å². The maximum absolute atomic E-state index is 5.68. The topological polar surface area (TPSA) is 69.6 Å². The summed E-state index contributed by atoms with van der Waals surface area (Å²) in [5, 5.41) is 5.41. The van der Waals surface area contributed by atoms with Crippen LogP contribution in [0.5, 0.6) is 0 Å². The molecule has 2 heterocycles. The van der Waals surface area contributed by atoms with Crippen LogP contribution in [-0.4, -0.2) is 19.7 Å². The summed E-state index contributed by atoms with van der Waals surface area (Å²) < 4.78 is 1.97. The molecule has 0 saturated carbocycles. The van der Waals surface area contributed by atoms with Crippen LogP contribution in [0.4, 0.5) is 5.95 Å². The molecule has 0 aliphatic heterocycles. The normalized spacial score (nSPS) is 17.8. The van der Waals surface area contributed by atoms with Gasteiger partial charge in [-0.15, -0.1) is 0 Å². The van der Waals surface area contributed by atoms with E-state index in [-0.39, 0.29) is 6.04 Å². The Bertz CT molecular complexity index is 761. The van der Waals surface area contributed by atoms with Crippen LogP contribution in [0, 0.1) is 0 Å². The fraction of sp³-hybridized carbons (Fsp3) is 0.214. The molecular formula is C14H13N5. The largest absolute Gasteiger partial charge is 0.368 e. The molecule has 3 aromatic rings. The number of rotatable bonds is 1. The van der Waals surface area contributed by atoms with Crippen molar-refractivity contribution in [2.75, 3.05) is 5.73 Å². The van der Waals surface area contributed by atoms with Crippen molar-refractivity contribution >= 4 is 17.0 Å². The highest BCUT2D eigenvalue weighted by molar-refractivity contribution is 5.74. The first-order chi connectivity index (χ1) is 9.33. The fourth-order valence-corrected chi connectivity index (χ4v) is 2.87. The van der Waals surface area contributed by atoms with Crippen LogP contribution in [-0.2, 0) is 6.42 Å². The van der Waals surface area contributed by atoms with Crippen LogP contribution in [0.1, 0.15) is 23.6 Å². The second-order valence-corrected chi connectivity index (χ2v) is 4.85. The van der Waals surface area contributed by atoms with Gasteiger partial charge in [0.1, 0.15) is 0 Å². The summed E-state index contributed by atoms with van der Waals surface area (Å²) in [6, 6.07) is 8.77. The maximum atomic E-state index is 5.68. The first-order valence-corrected chi connectivity index (χ1v) is 6.36. The third-order valence-corrected chi connectivity index (χ3v) is 3.75. The molecule has 0 saturated heterocycles. The Morgan fingerprint density at radius 2 is 2.11 bits per heavy atom. The molecular weight excluding hydrogens is 238 g/mol. The SMILES string of the molecule is Nc1ncc2cnn(C3CCc4ccccc43)c2n1. The smallest absolute Gasteiger partial charge is 0.222 e. The minimum atomic E-state index is 0.253. The molecule has 1 aliphatic carbocycles. The Kier molecular flexibility index (Phi) is 2.09. The van der Waals surface area contributed by atoms with E-state index in [0.717, 1.165) is 23.9 Å². The summed E-state index contributed by atoms with van der Waals surface area (Å²) in [7, 11) is 0. The van der Waals surface area contributed by atoms with E-state index in [0.29, 0.717) is 5.95 Å². The second-order valence-electron chi connectivity index (χ2n) is 4.85.